The third-order valence-corrected chi connectivity index (χ3v) is 0.827. The normalized spacial score (nSPS) is 15.4. The van der Waals surface area contributed by atoms with Crippen molar-refractivity contribution in [3.8, 4) is 0 Å². The lowest BCUT2D eigenvalue weighted by atomic mass is 10.3. The summed E-state index contributed by atoms with van der Waals surface area (Å²) in [5.74, 6) is 0. The van der Waals surface area contributed by atoms with Crippen LogP contribution in [-0.2, 0) is 0 Å². The van der Waals surface area contributed by atoms with Gasteiger partial charge in [-0.05, 0) is 6.92 Å². The van der Waals surface area contributed by atoms with Crippen molar-refractivity contribution in [2.75, 3.05) is 0 Å². The quantitative estimate of drug-likeness (QED) is 0.395. The molecule has 0 atom stereocenters. The zero-order valence-corrected chi connectivity index (χ0v) is 5.35. The van der Waals surface area contributed by atoms with Crippen LogP contribution in [0.15, 0.2) is 11.6 Å². The minimum atomic E-state index is -4.90. The minimum absolute atomic E-state index is 0.369. The van der Waals surface area contributed by atoms with E-state index in [9.17, 15) is 26.3 Å². The van der Waals surface area contributed by atoms with Crippen LogP contribution in [-0.4, -0.2) is 12.4 Å². The summed E-state index contributed by atoms with van der Waals surface area (Å²) in [5, 5.41) is 0. The summed E-state index contributed by atoms with van der Waals surface area (Å²) >= 11 is 0. The lowest BCUT2D eigenvalue weighted by Crippen LogP contribution is -2.13. The summed E-state index contributed by atoms with van der Waals surface area (Å²) in [4.78, 5) is 0. The highest BCUT2D eigenvalue weighted by molar-refractivity contribution is 5.08. The molecule has 0 aliphatic carbocycles. The van der Waals surface area contributed by atoms with E-state index in [4.69, 9.17) is 0 Å². The van der Waals surface area contributed by atoms with Crippen molar-refractivity contribution >= 4 is 0 Å². The molecule has 0 aliphatic rings. The molecule has 0 aliphatic heterocycles. The van der Waals surface area contributed by atoms with E-state index in [1.165, 1.54) is 0 Å². The molecule has 0 rings (SSSR count). The molecule has 0 bridgehead atoms. The predicted molar refractivity (Wildman–Crippen MR) is 25.9 cm³/mol. The van der Waals surface area contributed by atoms with E-state index in [0.29, 0.717) is 6.92 Å². The summed E-state index contributed by atoms with van der Waals surface area (Å²) in [6.07, 6.45) is -10.6. The van der Waals surface area contributed by atoms with E-state index in [-0.39, 0.29) is 0 Å². The Morgan fingerprint density at radius 1 is 1.00 bits per heavy atom. The zero-order valence-electron chi connectivity index (χ0n) is 5.35. The van der Waals surface area contributed by atoms with E-state index >= 15 is 0 Å². The van der Waals surface area contributed by atoms with Gasteiger partial charge in [0.15, 0.2) is 0 Å². The van der Waals surface area contributed by atoms with E-state index in [1.807, 2.05) is 0 Å². The van der Waals surface area contributed by atoms with Gasteiger partial charge >= 0.3 is 12.4 Å². The van der Waals surface area contributed by atoms with Crippen LogP contribution in [0, 0.1) is 0 Å². The van der Waals surface area contributed by atoms with Crippen molar-refractivity contribution in [1.29, 1.82) is 0 Å². The highest BCUT2D eigenvalue weighted by atomic mass is 19.4. The maximum Gasteiger partial charge on any atom is 0.412 e. The van der Waals surface area contributed by atoms with Crippen molar-refractivity contribution in [1.82, 2.24) is 0 Å². The van der Waals surface area contributed by atoms with Gasteiger partial charge < -0.3 is 0 Å². The monoisotopic (exact) mass is 178 g/mol. The van der Waals surface area contributed by atoms with Crippen LogP contribution in [0.3, 0.4) is 0 Å². The molecule has 0 aromatic rings. The van der Waals surface area contributed by atoms with Crippen LogP contribution in [0.2, 0.25) is 0 Å². The maximum absolute atomic E-state index is 11.4. The first-order chi connectivity index (χ1) is 4.63. The summed E-state index contributed by atoms with van der Waals surface area (Å²) in [6, 6.07) is 0. The molecular formula is C5H4F6. The van der Waals surface area contributed by atoms with Crippen LogP contribution >= 0.6 is 0 Å². The van der Waals surface area contributed by atoms with Gasteiger partial charge in [0.1, 0.15) is 0 Å². The standard InChI is InChI=1S/C5H4F6/c1-3(5(9,10)11)2-4(6,7)8/h2H,1H3/b3-2-. The van der Waals surface area contributed by atoms with Gasteiger partial charge in [-0.15, -0.1) is 0 Å². The molecule has 0 spiro atoms. The second-order valence-corrected chi connectivity index (χ2v) is 1.87. The highest BCUT2D eigenvalue weighted by Crippen LogP contribution is 2.29. The second kappa shape index (κ2) is 2.75. The van der Waals surface area contributed by atoms with Crippen molar-refractivity contribution in [3.63, 3.8) is 0 Å². The van der Waals surface area contributed by atoms with Gasteiger partial charge in [-0.25, -0.2) is 0 Å². The number of hydrogen-bond donors (Lipinski definition) is 0. The van der Waals surface area contributed by atoms with Crippen molar-refractivity contribution in [3.05, 3.63) is 11.6 Å². The molecule has 0 amide bonds. The molecule has 0 N–H and O–H groups in total. The molecule has 0 fully saturated rings. The van der Waals surface area contributed by atoms with Gasteiger partial charge in [-0.3, -0.25) is 0 Å². The van der Waals surface area contributed by atoms with Gasteiger partial charge in [0, 0.05) is 11.6 Å². The Morgan fingerprint density at radius 2 is 1.36 bits per heavy atom. The third kappa shape index (κ3) is 4.69. The molecule has 0 radical (unpaired) electrons. The number of hydrogen-bond acceptors (Lipinski definition) is 0. The minimum Gasteiger partial charge on any atom is -0.167 e. The van der Waals surface area contributed by atoms with Gasteiger partial charge in [0.25, 0.3) is 0 Å². The van der Waals surface area contributed by atoms with Crippen LogP contribution in [0.1, 0.15) is 6.92 Å². The first-order valence-electron chi connectivity index (χ1n) is 2.46. The summed E-state index contributed by atoms with van der Waals surface area (Å²) in [7, 11) is 0. The molecule has 66 valence electrons. The third-order valence-electron chi connectivity index (χ3n) is 0.827. The number of halogens is 6. The Hall–Kier alpha value is -0.680. The molecule has 0 saturated heterocycles. The molecule has 11 heavy (non-hydrogen) atoms. The van der Waals surface area contributed by atoms with Crippen LogP contribution in [0.4, 0.5) is 26.3 Å². The predicted octanol–water partition coefficient (Wildman–Crippen LogP) is 3.06. The number of alkyl halides is 6. The lowest BCUT2D eigenvalue weighted by molar-refractivity contribution is -0.107. The number of allylic oxidation sites excluding steroid dienone is 2. The first-order valence-corrected chi connectivity index (χ1v) is 2.46. The Kier molecular flexibility index (Phi) is 2.58. The molecule has 0 heterocycles. The van der Waals surface area contributed by atoms with Crippen molar-refractivity contribution in [2.45, 2.75) is 19.3 Å². The molecule has 0 nitrogen and oxygen atoms in total. The smallest absolute Gasteiger partial charge is 0.167 e. The molecule has 6 heteroatoms. The maximum atomic E-state index is 11.4. The summed E-state index contributed by atoms with van der Waals surface area (Å²) in [5.41, 5.74) is -1.65. The summed E-state index contributed by atoms with van der Waals surface area (Å²) < 4.78 is 68.0. The zero-order chi connectivity index (χ0) is 9.28. The molecule has 0 aromatic carbocycles. The highest BCUT2D eigenvalue weighted by Gasteiger charge is 2.35. The lowest BCUT2D eigenvalue weighted by Gasteiger charge is -2.07. The van der Waals surface area contributed by atoms with E-state index in [1.54, 1.807) is 0 Å². The van der Waals surface area contributed by atoms with Gasteiger partial charge in [0.2, 0.25) is 0 Å². The number of rotatable bonds is 0. The topological polar surface area (TPSA) is 0 Å². The SMILES string of the molecule is C/C(=C/C(F)(F)F)C(F)(F)F. The fourth-order valence-corrected chi connectivity index (χ4v) is 0.327. The van der Waals surface area contributed by atoms with Gasteiger partial charge in [-0.2, -0.15) is 26.3 Å². The Morgan fingerprint density at radius 3 is 1.45 bits per heavy atom. The van der Waals surface area contributed by atoms with E-state index in [0.717, 1.165) is 0 Å². The average molecular weight is 178 g/mol. The Balaban J connectivity index is 4.49. The fourth-order valence-electron chi connectivity index (χ4n) is 0.327. The molecular weight excluding hydrogens is 174 g/mol. The van der Waals surface area contributed by atoms with E-state index < -0.39 is 24.0 Å². The first kappa shape index (κ1) is 10.3. The molecule has 0 unspecified atom stereocenters. The van der Waals surface area contributed by atoms with Crippen LogP contribution < -0.4 is 0 Å². The van der Waals surface area contributed by atoms with E-state index in [2.05, 4.69) is 0 Å². The Labute approximate surface area is 58.5 Å². The van der Waals surface area contributed by atoms with Gasteiger partial charge in [-0.1, -0.05) is 0 Å². The van der Waals surface area contributed by atoms with Gasteiger partial charge in [0.05, 0.1) is 0 Å². The van der Waals surface area contributed by atoms with Crippen LogP contribution in [0.25, 0.3) is 0 Å². The summed E-state index contributed by atoms with van der Waals surface area (Å²) in [6.45, 7) is 0.369. The average Bonchev–Trinajstić information content (AvgIpc) is 1.56. The van der Waals surface area contributed by atoms with Crippen molar-refractivity contribution < 1.29 is 26.3 Å². The van der Waals surface area contributed by atoms with Crippen LogP contribution in [0.5, 0.6) is 0 Å². The largest absolute Gasteiger partial charge is 0.412 e. The molecule has 0 aromatic heterocycles. The second-order valence-electron chi connectivity index (χ2n) is 1.87. The molecule has 0 saturated carbocycles. The Bertz CT molecular complexity index is 159. The fraction of sp³-hybridized carbons (Fsp3) is 0.600. The van der Waals surface area contributed by atoms with Crippen molar-refractivity contribution in [2.24, 2.45) is 0 Å².